The number of H-pyrrole nitrogens is 1. The maximum Gasteiger partial charge on any atom is 0.291 e. The molecule has 102 valence electrons. The number of hydrogen-bond donors (Lipinski definition) is 2. The molecular formula is C12H23N5O. The van der Waals surface area contributed by atoms with Gasteiger partial charge in [-0.05, 0) is 34.0 Å². The van der Waals surface area contributed by atoms with E-state index in [-0.39, 0.29) is 23.7 Å². The van der Waals surface area contributed by atoms with Gasteiger partial charge in [0.25, 0.3) is 5.91 Å². The van der Waals surface area contributed by atoms with E-state index in [2.05, 4.69) is 25.4 Å². The quantitative estimate of drug-likeness (QED) is 0.793. The van der Waals surface area contributed by atoms with Crippen molar-refractivity contribution in [3.8, 4) is 0 Å². The van der Waals surface area contributed by atoms with Crippen LogP contribution >= 0.6 is 0 Å². The second-order valence-electron chi connectivity index (χ2n) is 5.17. The second-order valence-corrected chi connectivity index (χ2v) is 5.17. The lowest BCUT2D eigenvalue weighted by Gasteiger charge is -2.15. The van der Waals surface area contributed by atoms with Crippen molar-refractivity contribution < 1.29 is 4.79 Å². The highest BCUT2D eigenvalue weighted by molar-refractivity contribution is 5.90. The maximum absolute atomic E-state index is 11.9. The van der Waals surface area contributed by atoms with Crippen LogP contribution in [0.4, 0.5) is 0 Å². The van der Waals surface area contributed by atoms with Crippen molar-refractivity contribution in [1.82, 2.24) is 25.4 Å². The number of hydrogen-bond acceptors (Lipinski definition) is 4. The topological polar surface area (TPSA) is 73.9 Å². The van der Waals surface area contributed by atoms with E-state index < -0.39 is 0 Å². The highest BCUT2D eigenvalue weighted by Gasteiger charge is 2.15. The molecule has 1 heterocycles. The molecule has 0 aliphatic heterocycles. The Labute approximate surface area is 108 Å². The predicted octanol–water partition coefficient (Wildman–Crippen LogP) is 0.998. The summed E-state index contributed by atoms with van der Waals surface area (Å²) in [6.45, 7) is 6.92. The summed E-state index contributed by atoms with van der Waals surface area (Å²) < 4.78 is 0. The van der Waals surface area contributed by atoms with Crippen LogP contribution < -0.4 is 5.32 Å². The molecule has 6 heteroatoms. The lowest BCUT2D eigenvalue weighted by atomic mass is 10.2. The van der Waals surface area contributed by atoms with Gasteiger partial charge in [-0.2, -0.15) is 0 Å². The molecule has 0 bridgehead atoms. The Kier molecular flexibility index (Phi) is 5.27. The van der Waals surface area contributed by atoms with Gasteiger partial charge in [0.2, 0.25) is 5.82 Å². The highest BCUT2D eigenvalue weighted by Crippen LogP contribution is 2.07. The average Bonchev–Trinajstić information content (AvgIpc) is 2.75. The first kappa shape index (κ1) is 14.6. The Balaban J connectivity index is 2.48. The van der Waals surface area contributed by atoms with E-state index in [9.17, 15) is 4.79 Å². The minimum atomic E-state index is -0.218. The zero-order chi connectivity index (χ0) is 13.7. The van der Waals surface area contributed by atoms with Crippen LogP contribution in [0.15, 0.2) is 0 Å². The van der Waals surface area contributed by atoms with Crippen LogP contribution in [0.3, 0.4) is 0 Å². The lowest BCUT2D eigenvalue weighted by molar-refractivity contribution is 0.0926. The first-order valence-electron chi connectivity index (χ1n) is 6.28. The summed E-state index contributed by atoms with van der Waals surface area (Å²) in [5.41, 5.74) is 0. The van der Waals surface area contributed by atoms with Crippen molar-refractivity contribution in [2.75, 3.05) is 20.6 Å². The maximum atomic E-state index is 11.9. The third-order valence-electron chi connectivity index (χ3n) is 2.64. The van der Waals surface area contributed by atoms with Crippen LogP contribution in [0.1, 0.15) is 49.6 Å². The van der Waals surface area contributed by atoms with E-state index in [1.165, 1.54) is 0 Å². The summed E-state index contributed by atoms with van der Waals surface area (Å²) in [5, 5.41) is 9.60. The molecule has 1 unspecified atom stereocenters. The van der Waals surface area contributed by atoms with Gasteiger partial charge in [0, 0.05) is 12.0 Å². The number of carbonyl (C=O) groups is 1. The molecule has 1 atom stereocenters. The van der Waals surface area contributed by atoms with E-state index in [1.807, 2.05) is 34.9 Å². The summed E-state index contributed by atoms with van der Waals surface area (Å²) in [5.74, 6) is 0.978. The summed E-state index contributed by atoms with van der Waals surface area (Å²) in [4.78, 5) is 18.1. The Morgan fingerprint density at radius 3 is 2.56 bits per heavy atom. The van der Waals surface area contributed by atoms with E-state index in [1.54, 1.807) is 0 Å². The fraction of sp³-hybridized carbons (Fsp3) is 0.750. The fourth-order valence-corrected chi connectivity index (χ4v) is 1.45. The van der Waals surface area contributed by atoms with E-state index in [0.717, 1.165) is 18.8 Å². The molecule has 0 aliphatic rings. The number of amides is 1. The standard InChI is InChI=1S/C12H23N5O/c1-8(2)10-14-11(16-15-10)12(18)13-9(3)6-7-17(4)5/h8-9H,6-7H2,1-5H3,(H,13,18)(H,14,15,16). The summed E-state index contributed by atoms with van der Waals surface area (Å²) in [6, 6.07) is 0.112. The number of nitrogens with one attached hydrogen (secondary N) is 2. The third-order valence-corrected chi connectivity index (χ3v) is 2.64. The van der Waals surface area contributed by atoms with Crippen LogP contribution in [-0.4, -0.2) is 52.7 Å². The first-order chi connectivity index (χ1) is 8.40. The van der Waals surface area contributed by atoms with Crippen molar-refractivity contribution in [1.29, 1.82) is 0 Å². The fourth-order valence-electron chi connectivity index (χ4n) is 1.45. The highest BCUT2D eigenvalue weighted by atomic mass is 16.2. The molecular weight excluding hydrogens is 230 g/mol. The number of carbonyl (C=O) groups excluding carboxylic acids is 1. The van der Waals surface area contributed by atoms with Crippen molar-refractivity contribution in [3.63, 3.8) is 0 Å². The van der Waals surface area contributed by atoms with Gasteiger partial charge >= 0.3 is 0 Å². The van der Waals surface area contributed by atoms with Crippen LogP contribution in [-0.2, 0) is 0 Å². The number of aromatic nitrogens is 3. The molecule has 0 fully saturated rings. The molecule has 0 saturated carbocycles. The van der Waals surface area contributed by atoms with Gasteiger partial charge in [-0.25, -0.2) is 4.98 Å². The number of rotatable bonds is 6. The zero-order valence-corrected chi connectivity index (χ0v) is 11.8. The monoisotopic (exact) mass is 253 g/mol. The van der Waals surface area contributed by atoms with E-state index >= 15 is 0 Å². The van der Waals surface area contributed by atoms with Crippen LogP contribution in [0.5, 0.6) is 0 Å². The van der Waals surface area contributed by atoms with Gasteiger partial charge in [0.1, 0.15) is 5.82 Å². The SMILES string of the molecule is CC(CCN(C)C)NC(=O)c1n[nH]c(C(C)C)n1. The molecule has 0 saturated heterocycles. The van der Waals surface area contributed by atoms with E-state index in [0.29, 0.717) is 0 Å². The Bertz CT molecular complexity index is 386. The number of nitrogens with zero attached hydrogens (tertiary/aromatic N) is 3. The molecule has 1 aromatic heterocycles. The molecule has 18 heavy (non-hydrogen) atoms. The van der Waals surface area contributed by atoms with Crippen molar-refractivity contribution in [2.24, 2.45) is 0 Å². The second kappa shape index (κ2) is 6.49. The molecule has 0 radical (unpaired) electrons. The Hall–Kier alpha value is -1.43. The molecule has 0 aliphatic carbocycles. The van der Waals surface area contributed by atoms with Gasteiger partial charge in [0.05, 0.1) is 0 Å². The molecule has 0 aromatic carbocycles. The minimum absolute atomic E-state index is 0.112. The van der Waals surface area contributed by atoms with Gasteiger partial charge in [-0.1, -0.05) is 13.8 Å². The molecule has 1 rings (SSSR count). The smallest absolute Gasteiger partial charge is 0.291 e. The van der Waals surface area contributed by atoms with Gasteiger partial charge in [-0.15, -0.1) is 5.10 Å². The Morgan fingerprint density at radius 2 is 2.06 bits per heavy atom. The van der Waals surface area contributed by atoms with Gasteiger partial charge in [0.15, 0.2) is 0 Å². The van der Waals surface area contributed by atoms with E-state index in [4.69, 9.17) is 0 Å². The molecule has 1 amide bonds. The van der Waals surface area contributed by atoms with Gasteiger partial charge < -0.3 is 10.2 Å². The van der Waals surface area contributed by atoms with Crippen molar-refractivity contribution in [2.45, 2.75) is 39.2 Å². The summed E-state index contributed by atoms with van der Waals surface area (Å²) in [6.07, 6.45) is 0.903. The summed E-state index contributed by atoms with van der Waals surface area (Å²) in [7, 11) is 4.03. The molecule has 6 nitrogen and oxygen atoms in total. The van der Waals surface area contributed by atoms with Crippen molar-refractivity contribution >= 4 is 5.91 Å². The molecule has 2 N–H and O–H groups in total. The van der Waals surface area contributed by atoms with Crippen LogP contribution in [0, 0.1) is 0 Å². The predicted molar refractivity (Wildman–Crippen MR) is 70.6 cm³/mol. The largest absolute Gasteiger partial charge is 0.347 e. The van der Waals surface area contributed by atoms with Crippen LogP contribution in [0.25, 0.3) is 0 Å². The summed E-state index contributed by atoms with van der Waals surface area (Å²) >= 11 is 0. The van der Waals surface area contributed by atoms with Crippen LogP contribution in [0.2, 0.25) is 0 Å². The third kappa shape index (κ3) is 4.44. The first-order valence-corrected chi connectivity index (χ1v) is 6.28. The van der Waals surface area contributed by atoms with Crippen molar-refractivity contribution in [3.05, 3.63) is 11.6 Å². The zero-order valence-electron chi connectivity index (χ0n) is 11.8. The molecule has 1 aromatic rings. The number of aromatic amines is 1. The minimum Gasteiger partial charge on any atom is -0.347 e. The van der Waals surface area contributed by atoms with Gasteiger partial charge in [-0.3, -0.25) is 9.89 Å². The molecule has 0 spiro atoms. The normalized spacial score (nSPS) is 13.1. The lowest BCUT2D eigenvalue weighted by Crippen LogP contribution is -2.35. The average molecular weight is 253 g/mol. The Morgan fingerprint density at radius 1 is 1.39 bits per heavy atom.